The topological polar surface area (TPSA) is 88.9 Å². The number of para-hydroxylation sites is 1. The first-order chi connectivity index (χ1) is 14.7. The van der Waals surface area contributed by atoms with Gasteiger partial charge in [-0.25, -0.2) is 9.67 Å². The molecule has 162 valence electrons. The number of hydrogen-bond donors (Lipinski definition) is 2. The van der Waals surface area contributed by atoms with Gasteiger partial charge in [0.15, 0.2) is 0 Å². The first kappa shape index (κ1) is 22.2. The third-order valence-corrected chi connectivity index (χ3v) is 4.79. The lowest BCUT2D eigenvalue weighted by atomic mass is 10.0. The maximum atomic E-state index is 12.7. The minimum absolute atomic E-state index is 0.0290. The zero-order valence-electron chi connectivity index (χ0n) is 18.6. The van der Waals surface area contributed by atoms with Crippen LogP contribution in [0.15, 0.2) is 48.5 Å². The molecule has 7 heteroatoms. The Morgan fingerprint density at radius 1 is 1.00 bits per heavy atom. The third-order valence-electron chi connectivity index (χ3n) is 4.79. The van der Waals surface area contributed by atoms with Crippen molar-refractivity contribution in [3.8, 4) is 5.69 Å². The number of carbonyl (C=O) groups is 2. The average molecular weight is 420 g/mol. The number of rotatable bonds is 7. The molecule has 0 aliphatic heterocycles. The number of anilines is 1. The average Bonchev–Trinajstić information content (AvgIpc) is 3.10. The molecular formula is C24H29N5O2. The fourth-order valence-corrected chi connectivity index (χ4v) is 3.33. The standard InChI is InChI=1S/C24H29N5O2/c1-15(2)20-8-6-7-9-21(20)29-17(5)26-23(28-29)24(31)27-19-12-10-18(11-13-19)14-22(30)25-16(3)4/h6-13,15-16H,14H2,1-5H3,(H,25,30)(H,27,31). The summed E-state index contributed by atoms with van der Waals surface area (Å²) in [5.41, 5.74) is 3.56. The fourth-order valence-electron chi connectivity index (χ4n) is 3.33. The van der Waals surface area contributed by atoms with Crippen molar-refractivity contribution in [2.24, 2.45) is 0 Å². The van der Waals surface area contributed by atoms with Gasteiger partial charge in [-0.05, 0) is 56.0 Å². The Morgan fingerprint density at radius 2 is 1.68 bits per heavy atom. The third kappa shape index (κ3) is 5.57. The molecule has 0 aliphatic rings. The van der Waals surface area contributed by atoms with Gasteiger partial charge < -0.3 is 10.6 Å². The summed E-state index contributed by atoms with van der Waals surface area (Å²) in [6, 6.07) is 15.3. The van der Waals surface area contributed by atoms with E-state index in [9.17, 15) is 9.59 Å². The summed E-state index contributed by atoms with van der Waals surface area (Å²) >= 11 is 0. The quantitative estimate of drug-likeness (QED) is 0.605. The molecule has 7 nitrogen and oxygen atoms in total. The summed E-state index contributed by atoms with van der Waals surface area (Å²) < 4.78 is 1.71. The van der Waals surface area contributed by atoms with Crippen LogP contribution in [0.2, 0.25) is 0 Å². The highest BCUT2D eigenvalue weighted by molar-refractivity contribution is 6.01. The Labute approximate surface area is 182 Å². The van der Waals surface area contributed by atoms with Crippen LogP contribution >= 0.6 is 0 Å². The van der Waals surface area contributed by atoms with Crippen molar-refractivity contribution in [1.82, 2.24) is 20.1 Å². The van der Waals surface area contributed by atoms with E-state index in [0.29, 0.717) is 23.9 Å². The maximum Gasteiger partial charge on any atom is 0.295 e. The predicted octanol–water partition coefficient (Wildman–Crippen LogP) is 4.02. The second-order valence-corrected chi connectivity index (χ2v) is 8.16. The van der Waals surface area contributed by atoms with Crippen LogP contribution in [-0.4, -0.2) is 32.6 Å². The van der Waals surface area contributed by atoms with Crippen LogP contribution in [0.1, 0.15) is 61.2 Å². The number of benzene rings is 2. The lowest BCUT2D eigenvalue weighted by Crippen LogP contribution is -2.31. The van der Waals surface area contributed by atoms with Crippen LogP contribution in [-0.2, 0) is 11.2 Å². The second kappa shape index (κ2) is 9.55. The Balaban J connectivity index is 1.72. The van der Waals surface area contributed by atoms with E-state index < -0.39 is 0 Å². The van der Waals surface area contributed by atoms with Gasteiger partial charge in [-0.3, -0.25) is 9.59 Å². The van der Waals surface area contributed by atoms with Crippen LogP contribution in [0.5, 0.6) is 0 Å². The van der Waals surface area contributed by atoms with Gasteiger partial charge in [-0.2, -0.15) is 0 Å². The van der Waals surface area contributed by atoms with Crippen LogP contribution in [0.3, 0.4) is 0 Å². The van der Waals surface area contributed by atoms with Crippen molar-refractivity contribution in [2.75, 3.05) is 5.32 Å². The maximum absolute atomic E-state index is 12.7. The van der Waals surface area contributed by atoms with Gasteiger partial charge in [0.25, 0.3) is 5.91 Å². The molecule has 31 heavy (non-hydrogen) atoms. The van der Waals surface area contributed by atoms with E-state index in [-0.39, 0.29) is 23.7 Å². The van der Waals surface area contributed by atoms with Gasteiger partial charge in [0.1, 0.15) is 5.82 Å². The molecule has 0 saturated heterocycles. The molecule has 0 fully saturated rings. The lowest BCUT2D eigenvalue weighted by Gasteiger charge is -2.12. The van der Waals surface area contributed by atoms with Gasteiger partial charge in [-0.15, -0.1) is 5.10 Å². The molecule has 0 spiro atoms. The van der Waals surface area contributed by atoms with Gasteiger partial charge in [0, 0.05) is 11.7 Å². The molecule has 1 heterocycles. The number of carbonyl (C=O) groups excluding carboxylic acids is 2. The van der Waals surface area contributed by atoms with Crippen molar-refractivity contribution in [2.45, 2.75) is 53.0 Å². The van der Waals surface area contributed by atoms with E-state index in [1.54, 1.807) is 16.8 Å². The molecule has 2 aromatic carbocycles. The number of aryl methyl sites for hydroxylation is 1. The molecular weight excluding hydrogens is 390 g/mol. The number of hydrogen-bond acceptors (Lipinski definition) is 4. The summed E-state index contributed by atoms with van der Waals surface area (Å²) in [5, 5.41) is 10.1. The second-order valence-electron chi connectivity index (χ2n) is 8.16. The van der Waals surface area contributed by atoms with Gasteiger partial charge >= 0.3 is 0 Å². The lowest BCUT2D eigenvalue weighted by molar-refractivity contribution is -0.120. The number of aromatic nitrogens is 3. The molecule has 2 N–H and O–H groups in total. The molecule has 0 aliphatic carbocycles. The SMILES string of the molecule is Cc1nc(C(=O)Nc2ccc(CC(=O)NC(C)C)cc2)nn1-c1ccccc1C(C)C. The molecule has 0 atom stereocenters. The number of nitrogens with zero attached hydrogens (tertiary/aromatic N) is 3. The van der Waals surface area contributed by atoms with Gasteiger partial charge in [-0.1, -0.05) is 44.2 Å². The summed E-state index contributed by atoms with van der Waals surface area (Å²) in [6.45, 7) is 9.92. The van der Waals surface area contributed by atoms with Gasteiger partial charge in [0.2, 0.25) is 11.7 Å². The first-order valence-electron chi connectivity index (χ1n) is 10.5. The zero-order chi connectivity index (χ0) is 22.5. The van der Waals surface area contributed by atoms with Crippen molar-refractivity contribution < 1.29 is 9.59 Å². The van der Waals surface area contributed by atoms with Crippen LogP contribution in [0, 0.1) is 6.92 Å². The summed E-state index contributed by atoms with van der Waals surface area (Å²) in [6.07, 6.45) is 0.298. The molecule has 0 radical (unpaired) electrons. The van der Waals surface area contributed by atoms with Gasteiger partial charge in [0.05, 0.1) is 12.1 Å². The molecule has 2 amide bonds. The van der Waals surface area contributed by atoms with Crippen molar-refractivity contribution >= 4 is 17.5 Å². The van der Waals surface area contributed by atoms with E-state index in [1.165, 1.54) is 0 Å². The van der Waals surface area contributed by atoms with E-state index in [0.717, 1.165) is 16.8 Å². The summed E-state index contributed by atoms with van der Waals surface area (Å²) in [5.74, 6) is 0.660. The smallest absolute Gasteiger partial charge is 0.295 e. The Kier molecular flexibility index (Phi) is 6.84. The van der Waals surface area contributed by atoms with Crippen LogP contribution in [0.25, 0.3) is 5.69 Å². The van der Waals surface area contributed by atoms with Crippen molar-refractivity contribution in [3.05, 3.63) is 71.3 Å². The monoisotopic (exact) mass is 419 g/mol. The number of amides is 2. The first-order valence-corrected chi connectivity index (χ1v) is 10.5. The molecule has 3 aromatic rings. The Hall–Kier alpha value is -3.48. The number of nitrogens with one attached hydrogen (secondary N) is 2. The largest absolute Gasteiger partial charge is 0.354 e. The molecule has 0 unspecified atom stereocenters. The van der Waals surface area contributed by atoms with Crippen LogP contribution < -0.4 is 10.6 Å². The molecule has 0 bridgehead atoms. The Bertz CT molecular complexity index is 1070. The summed E-state index contributed by atoms with van der Waals surface area (Å²) in [4.78, 5) is 28.9. The summed E-state index contributed by atoms with van der Waals surface area (Å²) in [7, 11) is 0. The highest BCUT2D eigenvalue weighted by atomic mass is 16.2. The van der Waals surface area contributed by atoms with E-state index in [4.69, 9.17) is 0 Å². The Morgan fingerprint density at radius 3 is 2.32 bits per heavy atom. The van der Waals surface area contributed by atoms with Crippen molar-refractivity contribution in [1.29, 1.82) is 0 Å². The minimum Gasteiger partial charge on any atom is -0.354 e. The molecule has 0 saturated carbocycles. The van der Waals surface area contributed by atoms with Crippen molar-refractivity contribution in [3.63, 3.8) is 0 Å². The zero-order valence-corrected chi connectivity index (χ0v) is 18.6. The van der Waals surface area contributed by atoms with E-state index in [2.05, 4.69) is 40.6 Å². The predicted molar refractivity (Wildman–Crippen MR) is 122 cm³/mol. The minimum atomic E-state index is -0.380. The van der Waals surface area contributed by atoms with Crippen LogP contribution in [0.4, 0.5) is 5.69 Å². The molecule has 3 rings (SSSR count). The highest BCUT2D eigenvalue weighted by Gasteiger charge is 2.18. The normalized spacial score (nSPS) is 11.1. The highest BCUT2D eigenvalue weighted by Crippen LogP contribution is 2.23. The van der Waals surface area contributed by atoms with E-state index in [1.807, 2.05) is 51.1 Å². The molecule has 1 aromatic heterocycles. The van der Waals surface area contributed by atoms with E-state index >= 15 is 0 Å². The fraction of sp³-hybridized carbons (Fsp3) is 0.333.